The van der Waals surface area contributed by atoms with Crippen molar-refractivity contribution in [3.05, 3.63) is 65.6 Å². The van der Waals surface area contributed by atoms with Gasteiger partial charge >= 0.3 is 12.4 Å². The molecule has 3 aromatic rings. The molecule has 0 bridgehead atoms. The Morgan fingerprint density at radius 3 is 2.21 bits per heavy atom. The van der Waals surface area contributed by atoms with Crippen LogP contribution in [0.3, 0.4) is 0 Å². The van der Waals surface area contributed by atoms with Gasteiger partial charge in [-0.25, -0.2) is 0 Å². The summed E-state index contributed by atoms with van der Waals surface area (Å²) in [5, 5.41) is 5.57. The van der Waals surface area contributed by atoms with Crippen molar-refractivity contribution in [3.8, 4) is 11.1 Å². The van der Waals surface area contributed by atoms with E-state index in [1.807, 2.05) is 0 Å². The van der Waals surface area contributed by atoms with Gasteiger partial charge in [-0.05, 0) is 23.8 Å². The molecule has 28 heavy (non-hydrogen) atoms. The number of anilines is 1. The van der Waals surface area contributed by atoms with E-state index in [2.05, 4.69) is 15.5 Å². The van der Waals surface area contributed by atoms with Crippen LogP contribution in [-0.2, 0) is 12.4 Å². The normalized spacial score (nSPS) is 12.1. The number of aromatic nitrogens is 2. The Kier molecular flexibility index (Phi) is 4.84. The van der Waals surface area contributed by atoms with Crippen molar-refractivity contribution < 1.29 is 35.7 Å². The molecule has 0 saturated carbocycles. The fourth-order valence-corrected chi connectivity index (χ4v) is 2.37. The molecule has 0 spiro atoms. The summed E-state index contributed by atoms with van der Waals surface area (Å²) in [6.07, 6.45) is -6.56. The van der Waals surface area contributed by atoms with Crippen LogP contribution in [0.2, 0.25) is 0 Å². The summed E-state index contributed by atoms with van der Waals surface area (Å²) < 4.78 is 81.9. The van der Waals surface area contributed by atoms with E-state index >= 15 is 0 Å². The van der Waals surface area contributed by atoms with Crippen LogP contribution >= 0.6 is 0 Å². The fourth-order valence-electron chi connectivity index (χ4n) is 2.37. The highest BCUT2D eigenvalue weighted by Gasteiger charge is 2.35. The van der Waals surface area contributed by atoms with Gasteiger partial charge in [0.2, 0.25) is 5.88 Å². The first-order chi connectivity index (χ1) is 13.1. The van der Waals surface area contributed by atoms with Crippen molar-refractivity contribution in [2.24, 2.45) is 0 Å². The predicted molar refractivity (Wildman–Crippen MR) is 84.1 cm³/mol. The van der Waals surface area contributed by atoms with E-state index in [4.69, 9.17) is 4.52 Å². The second-order valence-corrected chi connectivity index (χ2v) is 5.52. The number of halogens is 6. The van der Waals surface area contributed by atoms with E-state index in [0.29, 0.717) is 6.07 Å². The topological polar surface area (TPSA) is 68.0 Å². The summed E-state index contributed by atoms with van der Waals surface area (Å²) in [6, 6.07) is 4.52. The summed E-state index contributed by atoms with van der Waals surface area (Å²) in [6.45, 7) is 0. The highest BCUT2D eigenvalue weighted by atomic mass is 19.4. The molecular weight excluding hydrogens is 392 g/mol. The number of hydrogen-bond donors (Lipinski definition) is 1. The molecule has 3 rings (SSSR count). The highest BCUT2D eigenvalue weighted by Crippen LogP contribution is 2.34. The van der Waals surface area contributed by atoms with Crippen LogP contribution in [0.4, 0.5) is 32.2 Å². The maximum atomic E-state index is 13.0. The third-order valence-corrected chi connectivity index (χ3v) is 3.69. The van der Waals surface area contributed by atoms with Crippen LogP contribution in [0.25, 0.3) is 11.1 Å². The summed E-state index contributed by atoms with van der Waals surface area (Å²) in [4.78, 5) is 15.8. The van der Waals surface area contributed by atoms with Crippen LogP contribution in [0.5, 0.6) is 0 Å². The number of nitrogens with one attached hydrogen (secondary N) is 1. The van der Waals surface area contributed by atoms with Crippen LogP contribution in [0.15, 0.2) is 53.4 Å². The average Bonchev–Trinajstić information content (AvgIpc) is 3.08. The van der Waals surface area contributed by atoms with Crippen molar-refractivity contribution in [1.29, 1.82) is 0 Å². The zero-order valence-corrected chi connectivity index (χ0v) is 13.6. The minimum absolute atomic E-state index is 0.0968. The molecule has 1 aromatic carbocycles. The number of hydrogen-bond acceptors (Lipinski definition) is 4. The summed E-state index contributed by atoms with van der Waals surface area (Å²) in [5.41, 5.74) is -2.52. The Hall–Kier alpha value is -3.37. The SMILES string of the molecule is O=C(Nc1oncc1-c1ccc(C(F)(F)F)cc1)c1cnccc1C(F)(F)F. The van der Waals surface area contributed by atoms with Gasteiger partial charge in [-0.2, -0.15) is 26.3 Å². The van der Waals surface area contributed by atoms with Gasteiger partial charge in [0.1, 0.15) is 0 Å². The quantitative estimate of drug-likeness (QED) is 0.626. The van der Waals surface area contributed by atoms with E-state index in [1.54, 1.807) is 0 Å². The largest absolute Gasteiger partial charge is 0.417 e. The molecule has 0 fully saturated rings. The lowest BCUT2D eigenvalue weighted by atomic mass is 10.1. The first kappa shape index (κ1) is 19.4. The fraction of sp³-hybridized carbons (Fsp3) is 0.118. The molecule has 1 amide bonds. The molecule has 0 saturated heterocycles. The molecule has 0 unspecified atom stereocenters. The van der Waals surface area contributed by atoms with Crippen molar-refractivity contribution in [2.45, 2.75) is 12.4 Å². The van der Waals surface area contributed by atoms with Gasteiger partial charge in [-0.3, -0.25) is 15.1 Å². The molecule has 0 radical (unpaired) electrons. The van der Waals surface area contributed by atoms with Crippen molar-refractivity contribution >= 4 is 11.8 Å². The number of carbonyl (C=O) groups excluding carboxylic acids is 1. The Balaban J connectivity index is 1.89. The van der Waals surface area contributed by atoms with Crippen molar-refractivity contribution in [1.82, 2.24) is 10.1 Å². The number of alkyl halides is 6. The third kappa shape index (κ3) is 3.97. The molecular formula is C17H9F6N3O2. The van der Waals surface area contributed by atoms with Crippen LogP contribution in [0.1, 0.15) is 21.5 Å². The zero-order chi connectivity index (χ0) is 20.5. The number of amides is 1. The van der Waals surface area contributed by atoms with Gasteiger partial charge in [-0.1, -0.05) is 17.3 Å². The lowest BCUT2D eigenvalue weighted by Crippen LogP contribution is -2.19. The summed E-state index contributed by atoms with van der Waals surface area (Å²) in [7, 11) is 0. The zero-order valence-electron chi connectivity index (χ0n) is 13.6. The molecule has 2 aromatic heterocycles. The van der Waals surface area contributed by atoms with E-state index in [9.17, 15) is 31.1 Å². The lowest BCUT2D eigenvalue weighted by Gasteiger charge is -2.11. The minimum Gasteiger partial charge on any atom is -0.338 e. The first-order valence-corrected chi connectivity index (χ1v) is 7.52. The monoisotopic (exact) mass is 401 g/mol. The van der Waals surface area contributed by atoms with Crippen molar-refractivity contribution in [2.75, 3.05) is 5.32 Å². The maximum absolute atomic E-state index is 13.0. The summed E-state index contributed by atoms with van der Waals surface area (Å²) in [5.74, 6) is -1.48. The number of pyridine rings is 1. The maximum Gasteiger partial charge on any atom is 0.417 e. The Morgan fingerprint density at radius 2 is 1.61 bits per heavy atom. The second-order valence-electron chi connectivity index (χ2n) is 5.52. The molecule has 5 nitrogen and oxygen atoms in total. The molecule has 0 aliphatic carbocycles. The average molecular weight is 401 g/mol. The molecule has 0 aliphatic heterocycles. The molecule has 2 heterocycles. The van der Waals surface area contributed by atoms with E-state index < -0.39 is 35.0 Å². The number of rotatable bonds is 3. The highest BCUT2D eigenvalue weighted by molar-refractivity contribution is 6.06. The number of carbonyl (C=O) groups is 1. The molecule has 1 N–H and O–H groups in total. The Morgan fingerprint density at radius 1 is 0.929 bits per heavy atom. The summed E-state index contributed by atoms with van der Waals surface area (Å²) >= 11 is 0. The molecule has 146 valence electrons. The number of nitrogens with zero attached hydrogens (tertiary/aromatic N) is 2. The molecule has 0 atom stereocenters. The van der Waals surface area contributed by atoms with Crippen LogP contribution < -0.4 is 5.32 Å². The van der Waals surface area contributed by atoms with Gasteiger partial charge in [0, 0.05) is 12.4 Å². The van der Waals surface area contributed by atoms with Crippen LogP contribution in [0, 0.1) is 0 Å². The lowest BCUT2D eigenvalue weighted by molar-refractivity contribution is -0.138. The standard InChI is InChI=1S/C17H9F6N3O2/c18-16(19,20)10-3-1-9(2-4-10)11-8-25-28-15(11)26-14(27)12-7-24-6-5-13(12)17(21,22)23/h1-8H,(H,26,27). The first-order valence-electron chi connectivity index (χ1n) is 7.52. The Bertz CT molecular complexity index is 993. The predicted octanol–water partition coefficient (Wildman–Crippen LogP) is 5.03. The molecule has 11 heteroatoms. The van der Waals surface area contributed by atoms with Gasteiger partial charge in [-0.15, -0.1) is 0 Å². The van der Waals surface area contributed by atoms with E-state index in [1.165, 1.54) is 0 Å². The molecule has 0 aliphatic rings. The van der Waals surface area contributed by atoms with E-state index in [0.717, 1.165) is 42.9 Å². The number of benzene rings is 1. The minimum atomic E-state index is -4.78. The van der Waals surface area contributed by atoms with Crippen molar-refractivity contribution in [3.63, 3.8) is 0 Å². The Labute approximate surface area is 153 Å². The van der Waals surface area contributed by atoms with Gasteiger partial charge in [0.05, 0.1) is 28.5 Å². The van der Waals surface area contributed by atoms with Crippen LogP contribution in [-0.4, -0.2) is 16.0 Å². The van der Waals surface area contributed by atoms with E-state index in [-0.39, 0.29) is 17.0 Å². The smallest absolute Gasteiger partial charge is 0.338 e. The third-order valence-electron chi connectivity index (χ3n) is 3.69. The van der Waals surface area contributed by atoms with Gasteiger partial charge in [0.15, 0.2) is 0 Å². The second kappa shape index (κ2) is 6.98. The van der Waals surface area contributed by atoms with Gasteiger partial charge in [0.25, 0.3) is 5.91 Å². The van der Waals surface area contributed by atoms with Gasteiger partial charge < -0.3 is 4.52 Å².